The zero-order valence-electron chi connectivity index (χ0n) is 11.9. The molecular weight excluding hydrogens is 250 g/mol. The van der Waals surface area contributed by atoms with Crippen LogP contribution in [0.25, 0.3) is 10.9 Å². The van der Waals surface area contributed by atoms with Crippen molar-refractivity contribution in [1.82, 2.24) is 9.97 Å². The van der Waals surface area contributed by atoms with Gasteiger partial charge in [0.25, 0.3) is 0 Å². The molecule has 0 saturated carbocycles. The number of hydrogen-bond donors (Lipinski definition) is 1. The highest BCUT2D eigenvalue weighted by atomic mass is 16.3. The van der Waals surface area contributed by atoms with Gasteiger partial charge in [-0.25, -0.2) is 9.97 Å². The maximum absolute atomic E-state index is 9.28. The molecule has 3 rings (SSSR count). The summed E-state index contributed by atoms with van der Waals surface area (Å²) < 4.78 is 0. The van der Waals surface area contributed by atoms with Crippen molar-refractivity contribution in [3.63, 3.8) is 0 Å². The number of aryl methyl sites for hydroxylation is 1. The van der Waals surface area contributed by atoms with Gasteiger partial charge in [-0.3, -0.25) is 0 Å². The van der Waals surface area contributed by atoms with E-state index in [-0.39, 0.29) is 6.61 Å². The molecule has 1 aromatic heterocycles. The summed E-state index contributed by atoms with van der Waals surface area (Å²) in [6.07, 6.45) is 6.04. The summed E-state index contributed by atoms with van der Waals surface area (Å²) in [4.78, 5) is 11.3. The second-order valence-electron chi connectivity index (χ2n) is 5.57. The number of aliphatic hydroxyl groups is 1. The summed E-state index contributed by atoms with van der Waals surface area (Å²) in [7, 11) is 0. The molecule has 0 aliphatic carbocycles. The third-order valence-corrected chi connectivity index (χ3v) is 4.13. The molecule has 4 nitrogen and oxygen atoms in total. The predicted octanol–water partition coefficient (Wildman–Crippen LogP) is 2.68. The molecule has 1 N–H and O–H groups in total. The largest absolute Gasteiger partial charge is 0.396 e. The van der Waals surface area contributed by atoms with Crippen molar-refractivity contribution in [3.05, 3.63) is 30.1 Å². The minimum atomic E-state index is 0.239. The second kappa shape index (κ2) is 5.75. The normalized spacial score (nSPS) is 19.5. The molecule has 0 bridgehead atoms. The molecule has 0 spiro atoms. The van der Waals surface area contributed by atoms with Crippen molar-refractivity contribution < 1.29 is 5.11 Å². The number of fused-ring (bicyclic) bond motifs is 1. The summed E-state index contributed by atoms with van der Waals surface area (Å²) in [5.41, 5.74) is 2.22. The number of benzene rings is 1. The molecule has 1 atom stereocenters. The van der Waals surface area contributed by atoms with Gasteiger partial charge in [-0.2, -0.15) is 0 Å². The van der Waals surface area contributed by atoms with Crippen LogP contribution >= 0.6 is 0 Å². The zero-order chi connectivity index (χ0) is 13.9. The Bertz CT molecular complexity index is 597. The van der Waals surface area contributed by atoms with E-state index < -0.39 is 0 Å². The highest BCUT2D eigenvalue weighted by molar-refractivity contribution is 5.90. The van der Waals surface area contributed by atoms with Crippen molar-refractivity contribution in [2.24, 2.45) is 0 Å². The van der Waals surface area contributed by atoms with Gasteiger partial charge in [0.15, 0.2) is 0 Å². The van der Waals surface area contributed by atoms with Crippen molar-refractivity contribution in [3.8, 4) is 0 Å². The molecule has 1 aliphatic heterocycles. The minimum Gasteiger partial charge on any atom is -0.396 e. The van der Waals surface area contributed by atoms with Crippen LogP contribution in [-0.4, -0.2) is 34.3 Å². The number of rotatable bonds is 3. The Labute approximate surface area is 119 Å². The summed E-state index contributed by atoms with van der Waals surface area (Å²) >= 11 is 0. The Morgan fingerprint density at radius 2 is 2.20 bits per heavy atom. The first-order valence-electron chi connectivity index (χ1n) is 7.38. The van der Waals surface area contributed by atoms with Gasteiger partial charge in [0.05, 0.1) is 5.52 Å². The van der Waals surface area contributed by atoms with E-state index in [9.17, 15) is 5.11 Å². The highest BCUT2D eigenvalue weighted by Gasteiger charge is 2.24. The van der Waals surface area contributed by atoms with Crippen molar-refractivity contribution in [2.45, 2.75) is 38.6 Å². The van der Waals surface area contributed by atoms with Crippen LogP contribution in [0.5, 0.6) is 0 Å². The Morgan fingerprint density at radius 1 is 1.30 bits per heavy atom. The highest BCUT2D eigenvalue weighted by Crippen LogP contribution is 2.30. The predicted molar refractivity (Wildman–Crippen MR) is 81.0 cm³/mol. The molecule has 0 amide bonds. The number of hydrogen-bond acceptors (Lipinski definition) is 4. The van der Waals surface area contributed by atoms with Crippen molar-refractivity contribution in [2.75, 3.05) is 18.1 Å². The van der Waals surface area contributed by atoms with E-state index >= 15 is 0 Å². The van der Waals surface area contributed by atoms with Crippen LogP contribution in [0, 0.1) is 6.92 Å². The van der Waals surface area contributed by atoms with Crippen LogP contribution in [0.3, 0.4) is 0 Å². The van der Waals surface area contributed by atoms with Crippen molar-refractivity contribution in [1.29, 1.82) is 0 Å². The molecule has 106 valence electrons. The maximum atomic E-state index is 9.28. The fourth-order valence-electron chi connectivity index (χ4n) is 3.11. The van der Waals surface area contributed by atoms with Gasteiger partial charge >= 0.3 is 0 Å². The van der Waals surface area contributed by atoms with E-state index in [1.54, 1.807) is 6.33 Å². The average Bonchev–Trinajstić information content (AvgIpc) is 2.48. The molecule has 0 radical (unpaired) electrons. The molecular formula is C16H21N3O. The maximum Gasteiger partial charge on any atom is 0.140 e. The Hall–Kier alpha value is -1.68. The van der Waals surface area contributed by atoms with Crippen LogP contribution in [0.2, 0.25) is 0 Å². The molecule has 1 saturated heterocycles. The molecule has 2 aromatic rings. The van der Waals surface area contributed by atoms with E-state index in [2.05, 4.69) is 40.0 Å². The fourth-order valence-corrected chi connectivity index (χ4v) is 3.11. The first-order valence-corrected chi connectivity index (χ1v) is 7.38. The minimum absolute atomic E-state index is 0.239. The van der Waals surface area contributed by atoms with Crippen LogP contribution in [0.1, 0.15) is 31.2 Å². The Morgan fingerprint density at radius 3 is 3.05 bits per heavy atom. The van der Waals surface area contributed by atoms with Gasteiger partial charge in [-0.15, -0.1) is 0 Å². The van der Waals surface area contributed by atoms with Crippen LogP contribution in [0.15, 0.2) is 24.5 Å². The molecule has 2 heterocycles. The lowest BCUT2D eigenvalue weighted by Gasteiger charge is -2.37. The van der Waals surface area contributed by atoms with Crippen LogP contribution in [-0.2, 0) is 0 Å². The summed E-state index contributed by atoms with van der Waals surface area (Å²) in [5.74, 6) is 1.02. The van der Waals surface area contributed by atoms with Gasteiger partial charge in [0, 0.05) is 24.6 Å². The fraction of sp³-hybridized carbons (Fsp3) is 0.500. The van der Waals surface area contributed by atoms with E-state index in [0.29, 0.717) is 6.04 Å². The number of aromatic nitrogens is 2. The lowest BCUT2D eigenvalue weighted by atomic mass is 9.99. The summed E-state index contributed by atoms with van der Waals surface area (Å²) in [6, 6.07) is 6.70. The van der Waals surface area contributed by atoms with E-state index in [1.165, 1.54) is 18.4 Å². The molecule has 4 heteroatoms. The molecule has 1 unspecified atom stereocenters. The number of anilines is 1. The zero-order valence-corrected chi connectivity index (χ0v) is 11.9. The smallest absolute Gasteiger partial charge is 0.140 e. The summed E-state index contributed by atoms with van der Waals surface area (Å²) in [5, 5.41) is 10.4. The third kappa shape index (κ3) is 2.48. The second-order valence-corrected chi connectivity index (χ2v) is 5.57. The monoisotopic (exact) mass is 271 g/mol. The Balaban J connectivity index is 2.05. The number of nitrogens with zero attached hydrogens (tertiary/aromatic N) is 3. The van der Waals surface area contributed by atoms with Gasteiger partial charge in [0.1, 0.15) is 12.1 Å². The third-order valence-electron chi connectivity index (χ3n) is 4.13. The summed E-state index contributed by atoms with van der Waals surface area (Å²) in [6.45, 7) is 3.35. The lowest BCUT2D eigenvalue weighted by molar-refractivity contribution is 0.262. The van der Waals surface area contributed by atoms with Gasteiger partial charge in [0.2, 0.25) is 0 Å². The van der Waals surface area contributed by atoms with Crippen LogP contribution < -0.4 is 4.90 Å². The first kappa shape index (κ1) is 13.3. The number of aliphatic hydroxyl groups excluding tert-OH is 1. The standard InChI is InChI=1S/C16H21N3O/c1-12-5-6-15-14(10-12)16(18-11-17-15)19-8-3-2-4-13(19)7-9-20/h5-6,10-11,13,20H,2-4,7-9H2,1H3. The van der Waals surface area contributed by atoms with E-state index in [1.807, 2.05) is 0 Å². The van der Waals surface area contributed by atoms with E-state index in [4.69, 9.17) is 0 Å². The van der Waals surface area contributed by atoms with Gasteiger partial charge < -0.3 is 10.0 Å². The van der Waals surface area contributed by atoms with Crippen LogP contribution in [0.4, 0.5) is 5.82 Å². The molecule has 1 aromatic carbocycles. The quantitative estimate of drug-likeness (QED) is 0.932. The lowest BCUT2D eigenvalue weighted by Crippen LogP contribution is -2.40. The molecule has 1 aliphatic rings. The SMILES string of the molecule is Cc1ccc2ncnc(N3CCCCC3CCO)c2c1. The molecule has 20 heavy (non-hydrogen) atoms. The van der Waals surface area contributed by atoms with Gasteiger partial charge in [-0.1, -0.05) is 11.6 Å². The van der Waals surface area contributed by atoms with Gasteiger partial charge in [-0.05, 0) is 44.7 Å². The van der Waals surface area contributed by atoms with E-state index in [0.717, 1.165) is 36.1 Å². The number of piperidine rings is 1. The van der Waals surface area contributed by atoms with Crippen molar-refractivity contribution >= 4 is 16.7 Å². The average molecular weight is 271 g/mol. The topological polar surface area (TPSA) is 49.2 Å². The molecule has 1 fully saturated rings. The first-order chi connectivity index (χ1) is 9.79. The Kier molecular flexibility index (Phi) is 3.83.